The van der Waals surface area contributed by atoms with E-state index >= 15 is 0 Å². The number of para-hydroxylation sites is 2. The first-order valence-electron chi connectivity index (χ1n) is 8.25. The maximum Gasteiger partial charge on any atom is 0.272 e. The van der Waals surface area contributed by atoms with E-state index in [2.05, 4.69) is 5.32 Å². The second kappa shape index (κ2) is 7.67. The molecule has 26 heavy (non-hydrogen) atoms. The van der Waals surface area contributed by atoms with Crippen molar-refractivity contribution in [1.82, 2.24) is 10.0 Å². The highest BCUT2D eigenvalue weighted by Crippen LogP contribution is 2.22. The van der Waals surface area contributed by atoms with Crippen molar-refractivity contribution in [2.24, 2.45) is 0 Å². The van der Waals surface area contributed by atoms with Gasteiger partial charge in [0, 0.05) is 29.2 Å². The predicted molar refractivity (Wildman–Crippen MR) is 101 cm³/mol. The highest BCUT2D eigenvalue weighted by atomic mass is 16.5. The van der Waals surface area contributed by atoms with Crippen molar-refractivity contribution in [1.29, 1.82) is 0 Å². The van der Waals surface area contributed by atoms with Crippen LogP contribution in [0, 0.1) is 0 Å². The Morgan fingerprint density at radius 1 is 1.12 bits per heavy atom. The third-order valence-corrected chi connectivity index (χ3v) is 4.09. The molecule has 2 aromatic carbocycles. The summed E-state index contributed by atoms with van der Waals surface area (Å²) in [5, 5.41) is 12.5. The van der Waals surface area contributed by atoms with Crippen LogP contribution in [0.25, 0.3) is 17.0 Å². The number of amides is 2. The van der Waals surface area contributed by atoms with E-state index < -0.39 is 5.91 Å². The Hall–Kier alpha value is -3.38. The van der Waals surface area contributed by atoms with Crippen LogP contribution in [-0.2, 0) is 11.3 Å². The first-order valence-corrected chi connectivity index (χ1v) is 8.25. The minimum absolute atomic E-state index is 0.226. The Morgan fingerprint density at radius 3 is 2.62 bits per heavy atom. The number of anilines is 1. The molecule has 1 heterocycles. The van der Waals surface area contributed by atoms with Crippen LogP contribution in [0.5, 0.6) is 0 Å². The van der Waals surface area contributed by atoms with Crippen molar-refractivity contribution in [2.45, 2.75) is 13.5 Å². The Kier molecular flexibility index (Phi) is 5.15. The fourth-order valence-electron chi connectivity index (χ4n) is 2.88. The molecule has 0 saturated carbocycles. The van der Waals surface area contributed by atoms with Crippen LogP contribution in [0.15, 0.2) is 60.7 Å². The van der Waals surface area contributed by atoms with Crippen LogP contribution >= 0.6 is 0 Å². The number of carbonyl (C=O) groups excluding carboxylic acids is 2. The molecule has 0 aliphatic carbocycles. The Balaban J connectivity index is 1.92. The molecule has 6 nitrogen and oxygen atoms in total. The molecule has 0 radical (unpaired) electrons. The van der Waals surface area contributed by atoms with Crippen LogP contribution in [0.4, 0.5) is 5.69 Å². The molecule has 1 aromatic heterocycles. The van der Waals surface area contributed by atoms with Crippen LogP contribution in [0.3, 0.4) is 0 Å². The lowest BCUT2D eigenvalue weighted by atomic mass is 10.1. The molecule has 132 valence electrons. The summed E-state index contributed by atoms with van der Waals surface area (Å²) in [6, 6.07) is 16.8. The predicted octanol–water partition coefficient (Wildman–Crippen LogP) is 3.43. The lowest BCUT2D eigenvalue weighted by molar-refractivity contribution is -0.124. The zero-order chi connectivity index (χ0) is 18.5. The zero-order valence-electron chi connectivity index (χ0n) is 14.3. The van der Waals surface area contributed by atoms with Gasteiger partial charge in [-0.15, -0.1) is 0 Å². The lowest BCUT2D eigenvalue weighted by Gasteiger charge is -2.11. The number of hydroxylamine groups is 1. The van der Waals surface area contributed by atoms with Gasteiger partial charge in [0.2, 0.25) is 0 Å². The van der Waals surface area contributed by atoms with Crippen molar-refractivity contribution < 1.29 is 14.8 Å². The highest BCUT2D eigenvalue weighted by Gasteiger charge is 2.15. The van der Waals surface area contributed by atoms with Gasteiger partial charge >= 0.3 is 0 Å². The minimum atomic E-state index is -0.641. The average molecular weight is 349 g/mol. The standard InChI is InChI=1S/C20H19N3O3/c1-2-23-17-10-6-4-8-15(17)13-18(23)20(25)21-16-9-5-3-7-14(16)11-12-19(24)22-26/h3-13,26H,2H2,1H3,(H,21,25)(H,22,24)/b12-11+. The Morgan fingerprint density at radius 2 is 1.85 bits per heavy atom. The summed E-state index contributed by atoms with van der Waals surface area (Å²) < 4.78 is 1.96. The molecule has 0 saturated heterocycles. The monoisotopic (exact) mass is 349 g/mol. The summed E-state index contributed by atoms with van der Waals surface area (Å²) in [4.78, 5) is 24.0. The molecular formula is C20H19N3O3. The molecule has 0 aliphatic heterocycles. The molecule has 0 atom stereocenters. The van der Waals surface area contributed by atoms with Gasteiger partial charge in [-0.3, -0.25) is 14.8 Å². The third-order valence-electron chi connectivity index (χ3n) is 4.09. The molecule has 3 aromatic rings. The number of fused-ring (bicyclic) bond motifs is 1. The highest BCUT2D eigenvalue weighted by molar-refractivity contribution is 6.07. The van der Waals surface area contributed by atoms with Gasteiger partial charge in [0.15, 0.2) is 0 Å². The van der Waals surface area contributed by atoms with Crippen LogP contribution in [0.1, 0.15) is 23.0 Å². The second-order valence-corrected chi connectivity index (χ2v) is 5.68. The number of rotatable bonds is 5. The fraction of sp³-hybridized carbons (Fsp3) is 0.100. The fourth-order valence-corrected chi connectivity index (χ4v) is 2.88. The maximum absolute atomic E-state index is 12.8. The van der Waals surface area contributed by atoms with Crippen molar-refractivity contribution in [3.8, 4) is 0 Å². The van der Waals surface area contributed by atoms with Gasteiger partial charge in [-0.2, -0.15) is 0 Å². The van der Waals surface area contributed by atoms with Gasteiger partial charge in [0.25, 0.3) is 11.8 Å². The molecule has 0 aliphatic rings. The van der Waals surface area contributed by atoms with Gasteiger partial charge in [-0.05, 0) is 36.8 Å². The minimum Gasteiger partial charge on any atom is -0.337 e. The smallest absolute Gasteiger partial charge is 0.272 e. The number of hydrogen-bond acceptors (Lipinski definition) is 3. The van der Waals surface area contributed by atoms with Crippen LogP contribution in [0.2, 0.25) is 0 Å². The molecular weight excluding hydrogens is 330 g/mol. The maximum atomic E-state index is 12.8. The third kappa shape index (κ3) is 3.50. The topological polar surface area (TPSA) is 83.4 Å². The first-order chi connectivity index (χ1) is 12.6. The number of nitrogens with zero attached hydrogens (tertiary/aromatic N) is 1. The van der Waals surface area contributed by atoms with E-state index in [4.69, 9.17) is 5.21 Å². The first kappa shape index (κ1) is 17.4. The number of nitrogens with one attached hydrogen (secondary N) is 2. The number of carbonyl (C=O) groups is 2. The summed E-state index contributed by atoms with van der Waals surface area (Å²) in [5.41, 5.74) is 4.34. The number of aryl methyl sites for hydroxylation is 1. The van der Waals surface area contributed by atoms with Crippen molar-refractivity contribution in [2.75, 3.05) is 5.32 Å². The van der Waals surface area contributed by atoms with Crippen LogP contribution in [-0.4, -0.2) is 21.6 Å². The number of aromatic nitrogens is 1. The lowest BCUT2D eigenvalue weighted by Crippen LogP contribution is -2.17. The van der Waals surface area contributed by atoms with E-state index in [0.717, 1.165) is 10.9 Å². The molecule has 6 heteroatoms. The van der Waals surface area contributed by atoms with E-state index in [-0.39, 0.29) is 5.91 Å². The van der Waals surface area contributed by atoms with Gasteiger partial charge < -0.3 is 9.88 Å². The molecule has 0 fully saturated rings. The summed E-state index contributed by atoms with van der Waals surface area (Å²) in [6.45, 7) is 2.67. The second-order valence-electron chi connectivity index (χ2n) is 5.68. The average Bonchev–Trinajstić information content (AvgIpc) is 3.05. The van der Waals surface area contributed by atoms with E-state index in [9.17, 15) is 9.59 Å². The van der Waals surface area contributed by atoms with Gasteiger partial charge in [-0.1, -0.05) is 36.4 Å². The summed E-state index contributed by atoms with van der Waals surface area (Å²) in [7, 11) is 0. The van der Waals surface area contributed by atoms with E-state index in [1.165, 1.54) is 17.6 Å². The molecule has 3 N–H and O–H groups in total. The molecule has 0 bridgehead atoms. The molecule has 2 amide bonds. The van der Waals surface area contributed by atoms with Crippen molar-refractivity contribution in [3.63, 3.8) is 0 Å². The van der Waals surface area contributed by atoms with Crippen molar-refractivity contribution >= 4 is 34.5 Å². The quantitative estimate of drug-likeness (QED) is 0.375. The van der Waals surface area contributed by atoms with Gasteiger partial charge in [0.05, 0.1) is 0 Å². The van der Waals surface area contributed by atoms with Crippen LogP contribution < -0.4 is 10.8 Å². The SMILES string of the molecule is CCn1c(C(=O)Nc2ccccc2/C=C/C(=O)NO)cc2ccccc21. The Labute approximate surface area is 150 Å². The van der Waals surface area contributed by atoms with E-state index in [0.29, 0.717) is 23.5 Å². The molecule has 0 unspecified atom stereocenters. The number of benzene rings is 2. The van der Waals surface area contributed by atoms with E-state index in [1.54, 1.807) is 24.3 Å². The summed E-state index contributed by atoms with van der Waals surface area (Å²) >= 11 is 0. The van der Waals surface area contributed by atoms with Crippen molar-refractivity contribution in [3.05, 3.63) is 71.9 Å². The normalized spacial score (nSPS) is 11.0. The number of hydrogen-bond donors (Lipinski definition) is 3. The Bertz CT molecular complexity index is 989. The molecule has 0 spiro atoms. The largest absolute Gasteiger partial charge is 0.337 e. The van der Waals surface area contributed by atoms with Gasteiger partial charge in [0.1, 0.15) is 5.69 Å². The van der Waals surface area contributed by atoms with E-state index in [1.807, 2.05) is 41.8 Å². The zero-order valence-corrected chi connectivity index (χ0v) is 14.3. The van der Waals surface area contributed by atoms with Gasteiger partial charge in [-0.25, -0.2) is 5.48 Å². The summed E-state index contributed by atoms with van der Waals surface area (Å²) in [6.07, 6.45) is 2.71. The molecule has 3 rings (SSSR count). The summed E-state index contributed by atoms with van der Waals surface area (Å²) in [5.74, 6) is -0.868.